The van der Waals surface area contributed by atoms with Crippen molar-refractivity contribution >= 4 is 46.4 Å². The molecule has 1 aromatic heterocycles. The fourth-order valence-corrected chi connectivity index (χ4v) is 3.59. The predicted octanol–water partition coefficient (Wildman–Crippen LogP) is 2.13. The predicted molar refractivity (Wildman–Crippen MR) is 103 cm³/mol. The number of esters is 1. The van der Waals surface area contributed by atoms with Gasteiger partial charge in [-0.05, 0) is 23.6 Å². The van der Waals surface area contributed by atoms with Gasteiger partial charge < -0.3 is 20.3 Å². The molecule has 0 bridgehead atoms. The third-order valence-electron chi connectivity index (χ3n) is 4.25. The maximum atomic E-state index is 12.3. The van der Waals surface area contributed by atoms with Crippen molar-refractivity contribution in [2.24, 2.45) is 0 Å². The Balaban J connectivity index is 1.49. The van der Waals surface area contributed by atoms with Gasteiger partial charge in [-0.15, -0.1) is 11.3 Å². The van der Waals surface area contributed by atoms with E-state index in [-0.39, 0.29) is 34.7 Å². The highest BCUT2D eigenvalue weighted by molar-refractivity contribution is 7.12. The van der Waals surface area contributed by atoms with Gasteiger partial charge >= 0.3 is 5.97 Å². The minimum absolute atomic E-state index is 0.0278. The zero-order chi connectivity index (χ0) is 19.4. The van der Waals surface area contributed by atoms with Crippen LogP contribution >= 0.6 is 22.9 Å². The Kier molecular flexibility index (Phi) is 5.98. The van der Waals surface area contributed by atoms with Crippen molar-refractivity contribution in [3.8, 4) is 0 Å². The van der Waals surface area contributed by atoms with Crippen LogP contribution in [0, 0.1) is 0 Å². The standard InChI is InChI=1S/C18H18ClN3O4S/c19-13-4-1-3-12(16(13)20)18(25)26-11-15(23)21-6-8-22(9-7-21)17(24)14-5-2-10-27-14/h1-5,10H,6-9,11,20H2. The van der Waals surface area contributed by atoms with E-state index < -0.39 is 5.97 Å². The molecule has 0 saturated carbocycles. The van der Waals surface area contributed by atoms with E-state index in [1.165, 1.54) is 17.4 Å². The number of thiophene rings is 1. The lowest BCUT2D eigenvalue weighted by Gasteiger charge is -2.34. The molecule has 27 heavy (non-hydrogen) atoms. The molecule has 3 rings (SSSR count). The van der Waals surface area contributed by atoms with Gasteiger partial charge in [-0.2, -0.15) is 0 Å². The van der Waals surface area contributed by atoms with Crippen molar-refractivity contribution in [2.45, 2.75) is 0 Å². The van der Waals surface area contributed by atoms with Crippen LogP contribution in [-0.4, -0.2) is 60.4 Å². The molecular formula is C18H18ClN3O4S. The van der Waals surface area contributed by atoms with E-state index in [4.69, 9.17) is 22.1 Å². The summed E-state index contributed by atoms with van der Waals surface area (Å²) < 4.78 is 5.06. The molecule has 2 heterocycles. The first kappa shape index (κ1) is 19.2. The highest BCUT2D eigenvalue weighted by Crippen LogP contribution is 2.23. The lowest BCUT2D eigenvalue weighted by molar-refractivity contribution is -0.136. The van der Waals surface area contributed by atoms with E-state index in [1.807, 2.05) is 11.4 Å². The normalized spacial score (nSPS) is 14.1. The molecule has 1 fully saturated rings. The van der Waals surface area contributed by atoms with Gasteiger partial charge in [-0.1, -0.05) is 23.7 Å². The lowest BCUT2D eigenvalue weighted by Crippen LogP contribution is -2.51. The second-order valence-electron chi connectivity index (χ2n) is 5.93. The summed E-state index contributed by atoms with van der Waals surface area (Å²) in [4.78, 5) is 40.7. The molecule has 0 atom stereocenters. The average molecular weight is 408 g/mol. The summed E-state index contributed by atoms with van der Waals surface area (Å²) in [5, 5.41) is 2.11. The number of carbonyl (C=O) groups excluding carboxylic acids is 3. The number of benzene rings is 1. The quantitative estimate of drug-likeness (QED) is 0.619. The van der Waals surface area contributed by atoms with Gasteiger partial charge in [-0.3, -0.25) is 9.59 Å². The maximum absolute atomic E-state index is 12.3. The number of nitrogens with two attached hydrogens (primary N) is 1. The van der Waals surface area contributed by atoms with Crippen molar-refractivity contribution < 1.29 is 19.1 Å². The fraction of sp³-hybridized carbons (Fsp3) is 0.278. The Labute approximate surface area is 165 Å². The van der Waals surface area contributed by atoms with Gasteiger partial charge in [0.25, 0.3) is 11.8 Å². The van der Waals surface area contributed by atoms with E-state index in [0.717, 1.165) is 0 Å². The topological polar surface area (TPSA) is 92.9 Å². The summed E-state index contributed by atoms with van der Waals surface area (Å²) in [5.41, 5.74) is 6.00. The zero-order valence-corrected chi connectivity index (χ0v) is 16.0. The summed E-state index contributed by atoms with van der Waals surface area (Å²) in [5.74, 6) is -1.04. The van der Waals surface area contributed by atoms with Crippen LogP contribution in [0.2, 0.25) is 5.02 Å². The minimum Gasteiger partial charge on any atom is -0.452 e. The Hall–Kier alpha value is -2.58. The number of hydrogen-bond acceptors (Lipinski definition) is 6. The largest absolute Gasteiger partial charge is 0.452 e. The Bertz CT molecular complexity index is 848. The van der Waals surface area contributed by atoms with E-state index in [0.29, 0.717) is 31.1 Å². The van der Waals surface area contributed by atoms with Crippen molar-refractivity contribution in [2.75, 3.05) is 38.5 Å². The second kappa shape index (κ2) is 8.41. The molecule has 2 amide bonds. The first-order chi connectivity index (χ1) is 13.0. The molecule has 0 spiro atoms. The molecule has 1 saturated heterocycles. The molecule has 9 heteroatoms. The molecule has 7 nitrogen and oxygen atoms in total. The number of carbonyl (C=O) groups is 3. The van der Waals surface area contributed by atoms with Crippen LogP contribution in [-0.2, 0) is 9.53 Å². The molecule has 1 aliphatic rings. The highest BCUT2D eigenvalue weighted by atomic mass is 35.5. The summed E-state index contributed by atoms with van der Waals surface area (Å²) in [6.07, 6.45) is 0. The van der Waals surface area contributed by atoms with Gasteiger partial charge in [0.1, 0.15) is 0 Å². The number of amides is 2. The highest BCUT2D eigenvalue weighted by Gasteiger charge is 2.26. The van der Waals surface area contributed by atoms with Crippen LogP contribution in [0.1, 0.15) is 20.0 Å². The molecule has 142 valence electrons. The van der Waals surface area contributed by atoms with Crippen LogP contribution in [0.25, 0.3) is 0 Å². The monoisotopic (exact) mass is 407 g/mol. The number of halogens is 1. The number of nitrogens with zero attached hydrogens (tertiary/aromatic N) is 2. The average Bonchev–Trinajstić information content (AvgIpc) is 3.22. The number of hydrogen-bond donors (Lipinski definition) is 1. The van der Waals surface area contributed by atoms with Crippen LogP contribution < -0.4 is 5.73 Å². The van der Waals surface area contributed by atoms with E-state index in [9.17, 15) is 14.4 Å². The Morgan fingerprint density at radius 2 is 1.78 bits per heavy atom. The smallest absolute Gasteiger partial charge is 0.340 e. The summed E-state index contributed by atoms with van der Waals surface area (Å²) in [6.45, 7) is 1.29. The maximum Gasteiger partial charge on any atom is 0.340 e. The van der Waals surface area contributed by atoms with E-state index >= 15 is 0 Å². The first-order valence-electron chi connectivity index (χ1n) is 8.29. The molecule has 2 aromatic rings. The SMILES string of the molecule is Nc1c(Cl)cccc1C(=O)OCC(=O)N1CCN(C(=O)c2cccs2)CC1. The Morgan fingerprint density at radius 1 is 1.07 bits per heavy atom. The number of piperazine rings is 1. The first-order valence-corrected chi connectivity index (χ1v) is 9.55. The molecular weight excluding hydrogens is 390 g/mol. The number of ether oxygens (including phenoxy) is 1. The van der Waals surface area contributed by atoms with Crippen molar-refractivity contribution in [1.82, 2.24) is 9.80 Å². The van der Waals surface area contributed by atoms with Crippen molar-refractivity contribution in [3.63, 3.8) is 0 Å². The van der Waals surface area contributed by atoms with Crippen LogP contribution in [0.5, 0.6) is 0 Å². The summed E-state index contributed by atoms with van der Waals surface area (Å²) in [7, 11) is 0. The second-order valence-corrected chi connectivity index (χ2v) is 7.28. The minimum atomic E-state index is -0.699. The molecule has 0 aliphatic carbocycles. The van der Waals surface area contributed by atoms with Crippen LogP contribution in [0.4, 0.5) is 5.69 Å². The number of anilines is 1. The van der Waals surface area contributed by atoms with Crippen LogP contribution in [0.15, 0.2) is 35.7 Å². The van der Waals surface area contributed by atoms with Crippen molar-refractivity contribution in [3.05, 3.63) is 51.2 Å². The van der Waals surface area contributed by atoms with Gasteiger partial charge in [-0.25, -0.2) is 4.79 Å². The van der Waals surface area contributed by atoms with Gasteiger partial charge in [0.2, 0.25) is 0 Å². The number of rotatable bonds is 4. The zero-order valence-electron chi connectivity index (χ0n) is 14.4. The van der Waals surface area contributed by atoms with E-state index in [2.05, 4.69) is 0 Å². The third-order valence-corrected chi connectivity index (χ3v) is 5.44. The molecule has 2 N–H and O–H groups in total. The number of para-hydroxylation sites is 1. The van der Waals surface area contributed by atoms with Gasteiger partial charge in [0.15, 0.2) is 6.61 Å². The van der Waals surface area contributed by atoms with E-state index in [1.54, 1.807) is 28.0 Å². The summed E-state index contributed by atoms with van der Waals surface area (Å²) in [6, 6.07) is 8.25. The fourth-order valence-electron chi connectivity index (χ4n) is 2.73. The van der Waals surface area contributed by atoms with Crippen LogP contribution in [0.3, 0.4) is 0 Å². The molecule has 1 aromatic carbocycles. The summed E-state index contributed by atoms with van der Waals surface area (Å²) >= 11 is 7.27. The molecule has 0 radical (unpaired) electrons. The molecule has 1 aliphatic heterocycles. The third kappa shape index (κ3) is 4.40. The Morgan fingerprint density at radius 3 is 2.44 bits per heavy atom. The number of nitrogen functional groups attached to an aromatic ring is 1. The van der Waals surface area contributed by atoms with Gasteiger partial charge in [0, 0.05) is 26.2 Å². The van der Waals surface area contributed by atoms with Crippen molar-refractivity contribution in [1.29, 1.82) is 0 Å². The molecule has 0 unspecified atom stereocenters. The lowest BCUT2D eigenvalue weighted by atomic mass is 10.2. The van der Waals surface area contributed by atoms with Gasteiger partial charge in [0.05, 0.1) is 21.2 Å².